The standard InChI is InChI=1S/C66H79Cl2N7O24/c1-28(2)7-14-52(85)71-24-45(83)33-10-13-47(39(68)17-33)97-49-19-34-18-48(59(49)99-65-60(58(88)57(87)50(26-77)98-65)95-30(4)94-29(3)61(89)66(5,6)70)96-46-12-9-32(16-38(46)67)43(81)23-53(86)74-56(64(92)93)37-20-35(79)21-44(82)54(37)36-15-31(8-11-42(36)80)41(25-76)73-63(91)55(34)75-62(90)40(72-27-78)22-51(69)84/h8-13,15-21,25,27-30,40-41,43,45,50,55-58,60-61,65,77,79-83,87-89H,7,14,22-24,26,70H2,1-6H3,(H2,69,84)(H,71,85)(H,72,78)(H,73,91)(H,74,86)(H,75,90)(H,92,93)/t29-,30+,40+,41+,43+,45+,50?,55-,56-,57?,58?,60?,61?,65?/m1/s1. The van der Waals surface area contributed by atoms with Gasteiger partial charge in [0, 0.05) is 41.3 Å². The van der Waals surface area contributed by atoms with E-state index in [1.54, 1.807) is 0 Å². The van der Waals surface area contributed by atoms with Gasteiger partial charge in [0.2, 0.25) is 48.0 Å². The number of aromatic hydroxyl groups is 3. The molecule has 19 N–H and O–H groups in total. The van der Waals surface area contributed by atoms with Gasteiger partial charge in [-0.25, -0.2) is 4.79 Å². The molecule has 536 valence electrons. The van der Waals surface area contributed by atoms with Crippen LogP contribution in [0.15, 0.2) is 78.9 Å². The fourth-order valence-electron chi connectivity index (χ4n) is 10.7. The van der Waals surface area contributed by atoms with Gasteiger partial charge in [-0.05, 0) is 117 Å². The van der Waals surface area contributed by atoms with Gasteiger partial charge in [0.25, 0.3) is 0 Å². The van der Waals surface area contributed by atoms with E-state index in [9.17, 15) is 84.6 Å². The first-order chi connectivity index (χ1) is 46.6. The molecule has 1 fully saturated rings. The molecule has 31 nitrogen and oxygen atoms in total. The Bertz CT molecular complexity index is 3780. The zero-order chi connectivity index (χ0) is 73.1. The highest BCUT2D eigenvalue weighted by molar-refractivity contribution is 6.32. The van der Waals surface area contributed by atoms with E-state index in [0.29, 0.717) is 6.42 Å². The summed E-state index contributed by atoms with van der Waals surface area (Å²) in [6, 6.07) is 6.11. The van der Waals surface area contributed by atoms with Crippen LogP contribution < -0.4 is 52.3 Å². The highest BCUT2D eigenvalue weighted by Crippen LogP contribution is 2.49. The van der Waals surface area contributed by atoms with Crippen LogP contribution in [0.3, 0.4) is 0 Å². The molecule has 1 saturated heterocycles. The Morgan fingerprint density at radius 2 is 1.55 bits per heavy atom. The molecule has 3 heterocycles. The highest BCUT2D eigenvalue weighted by Gasteiger charge is 2.49. The quantitative estimate of drug-likeness (QED) is 0.0295. The van der Waals surface area contributed by atoms with Crippen LogP contribution in [-0.2, 0) is 52.6 Å². The SMILES string of the molecule is CC(C)CCC(=O)NC[C@H](O)c1ccc(Oc2cc3cc(c2OC2OC(CO)C(O)C(O)C2O[C@@H](C)O[C@H](C)C(O)C(C)(C)N)Oc2ccc(cc2Cl)[C@@H](O)CC(=O)N[C@@H](C(=O)O)c2cc(O)cc(O)c2-c2cc(ccc2O)[C@H](C=O)NC(=O)[C@@H]3NC(=O)[C@H](CC(N)=O)NC=O)c(Cl)c1. The first kappa shape index (κ1) is 77.4. The second kappa shape index (κ2) is 33.7. The molecule has 0 aliphatic carbocycles. The van der Waals surface area contributed by atoms with Crippen molar-refractivity contribution in [3.8, 4) is 57.1 Å². The van der Waals surface area contributed by atoms with Gasteiger partial charge in [-0.15, -0.1) is 0 Å². The van der Waals surface area contributed by atoms with Gasteiger partial charge in [-0.2, -0.15) is 0 Å². The fourth-order valence-corrected chi connectivity index (χ4v) is 11.2. The monoisotopic (exact) mass is 1420 g/mol. The van der Waals surface area contributed by atoms with Gasteiger partial charge in [-0.3, -0.25) is 28.8 Å². The van der Waals surface area contributed by atoms with Crippen molar-refractivity contribution in [1.29, 1.82) is 0 Å². The summed E-state index contributed by atoms with van der Waals surface area (Å²) in [5.74, 6) is -11.6. The average Bonchev–Trinajstić information content (AvgIpc) is 0.776. The highest BCUT2D eigenvalue weighted by atomic mass is 35.5. The van der Waals surface area contributed by atoms with Gasteiger partial charge < -0.3 is 122 Å². The van der Waals surface area contributed by atoms with Crippen molar-refractivity contribution in [3.63, 3.8) is 0 Å². The summed E-state index contributed by atoms with van der Waals surface area (Å²) in [6.07, 6.45) is -17.2. The molecule has 0 radical (unpaired) electrons. The lowest BCUT2D eigenvalue weighted by Crippen LogP contribution is -2.61. The number of carbonyl (C=O) groups excluding carboxylic acids is 7. The summed E-state index contributed by atoms with van der Waals surface area (Å²) in [5, 5.41) is 123. The smallest absolute Gasteiger partial charge is 0.330 e. The number of aldehydes is 1. The second-order valence-corrected chi connectivity index (χ2v) is 25.4. The molecule has 8 rings (SSSR count). The van der Waals surface area contributed by atoms with E-state index < -0.39 is 197 Å². The molecule has 5 aromatic carbocycles. The lowest BCUT2D eigenvalue weighted by atomic mass is 9.90. The van der Waals surface area contributed by atoms with Gasteiger partial charge in [0.1, 0.15) is 71.5 Å². The van der Waals surface area contributed by atoms with Gasteiger partial charge >= 0.3 is 5.97 Å². The molecule has 6 unspecified atom stereocenters. The Hall–Kier alpha value is -8.96. The normalized spacial score (nSPS) is 22.0. The third-order valence-electron chi connectivity index (χ3n) is 16.0. The summed E-state index contributed by atoms with van der Waals surface area (Å²) in [5.41, 5.74) is 8.30. The minimum atomic E-state index is -2.20. The maximum atomic E-state index is 15.4. The van der Waals surface area contributed by atoms with Crippen LogP contribution in [0.4, 0.5) is 0 Å². The Morgan fingerprint density at radius 1 is 0.838 bits per heavy atom. The number of hydrogen-bond donors (Lipinski definition) is 17. The predicted molar refractivity (Wildman–Crippen MR) is 349 cm³/mol. The average molecular weight is 1430 g/mol. The van der Waals surface area contributed by atoms with Crippen LogP contribution in [0.2, 0.25) is 10.0 Å². The van der Waals surface area contributed by atoms with Crippen LogP contribution in [0.1, 0.15) is 125 Å². The molecule has 6 amide bonds. The summed E-state index contributed by atoms with van der Waals surface area (Å²) >= 11 is 13.9. The van der Waals surface area contributed by atoms with E-state index in [4.69, 9.17) is 63.1 Å². The van der Waals surface area contributed by atoms with E-state index in [1.807, 2.05) is 13.8 Å². The number of fused-ring (bicyclic) bond motifs is 9. The van der Waals surface area contributed by atoms with Crippen molar-refractivity contribution in [2.24, 2.45) is 17.4 Å². The lowest BCUT2D eigenvalue weighted by molar-refractivity contribution is -0.320. The number of nitrogens with one attached hydrogen (secondary N) is 5. The third-order valence-corrected chi connectivity index (χ3v) is 16.5. The van der Waals surface area contributed by atoms with Gasteiger partial charge in [0.05, 0.1) is 53.9 Å². The number of benzene rings is 5. The second-order valence-electron chi connectivity index (χ2n) is 24.6. The molecular formula is C66H79Cl2N7O24. The Labute approximate surface area is 576 Å². The molecule has 33 heteroatoms. The number of phenolic OH excluding ortho intramolecular Hbond substituents is 3. The molecule has 99 heavy (non-hydrogen) atoms. The first-order valence-corrected chi connectivity index (χ1v) is 31.7. The number of amides is 6. The van der Waals surface area contributed by atoms with E-state index >= 15 is 4.79 Å². The van der Waals surface area contributed by atoms with Crippen molar-refractivity contribution in [2.75, 3.05) is 13.2 Å². The summed E-state index contributed by atoms with van der Waals surface area (Å²) < 4.78 is 38.0. The third kappa shape index (κ3) is 19.7. The van der Waals surface area contributed by atoms with Crippen molar-refractivity contribution < 1.29 is 118 Å². The molecule has 3 aliphatic heterocycles. The van der Waals surface area contributed by atoms with Crippen LogP contribution in [-0.4, -0.2) is 173 Å². The number of aliphatic hydroxyl groups is 6. The number of carbonyl (C=O) groups is 8. The van der Waals surface area contributed by atoms with E-state index in [1.165, 1.54) is 52.0 Å². The zero-order valence-corrected chi connectivity index (χ0v) is 55.7. The van der Waals surface area contributed by atoms with Crippen LogP contribution >= 0.6 is 23.2 Å². The van der Waals surface area contributed by atoms with Crippen LogP contribution in [0.5, 0.6) is 46.0 Å². The number of carboxylic acid groups (broad SMARTS) is 1. The van der Waals surface area contributed by atoms with Crippen molar-refractivity contribution >= 4 is 71.4 Å². The fraction of sp³-hybridized carbons (Fsp3) is 0.424. The summed E-state index contributed by atoms with van der Waals surface area (Å²) in [4.78, 5) is 107. The first-order valence-electron chi connectivity index (χ1n) is 30.9. The minimum Gasteiger partial charge on any atom is -0.508 e. The molecule has 0 spiro atoms. The van der Waals surface area contributed by atoms with E-state index in [-0.39, 0.29) is 75.7 Å². The molecular weight excluding hydrogens is 1350 g/mol. The lowest BCUT2D eigenvalue weighted by Gasteiger charge is -2.43. The molecule has 3 aliphatic rings. The maximum absolute atomic E-state index is 15.4. The number of phenols is 3. The zero-order valence-electron chi connectivity index (χ0n) is 54.2. The Balaban J connectivity index is 1.51. The summed E-state index contributed by atoms with van der Waals surface area (Å²) in [6.45, 7) is 8.53. The van der Waals surface area contributed by atoms with Crippen molar-refractivity contribution in [1.82, 2.24) is 26.6 Å². The minimum absolute atomic E-state index is 0.0507. The number of rotatable bonds is 25. The molecule has 14 atom stereocenters. The number of aliphatic hydroxyl groups excluding tert-OH is 6. The Kier molecular flexibility index (Phi) is 26.4. The molecule has 6 bridgehead atoms. The number of primary amides is 1. The maximum Gasteiger partial charge on any atom is 0.330 e. The largest absolute Gasteiger partial charge is 0.508 e. The number of carboxylic acids is 1. The van der Waals surface area contributed by atoms with Crippen molar-refractivity contribution in [3.05, 3.63) is 117 Å². The molecule has 5 aromatic rings. The van der Waals surface area contributed by atoms with Gasteiger partial charge in [-0.1, -0.05) is 55.2 Å². The number of aliphatic carboxylic acids is 1. The molecule has 0 aromatic heterocycles. The summed E-state index contributed by atoms with van der Waals surface area (Å²) in [7, 11) is 0. The number of nitrogens with two attached hydrogens (primary N) is 2. The van der Waals surface area contributed by atoms with Crippen molar-refractivity contribution in [2.45, 2.75) is 158 Å². The molecule has 0 saturated carbocycles. The number of halogens is 2. The van der Waals surface area contributed by atoms with Crippen LogP contribution in [0.25, 0.3) is 11.1 Å². The Morgan fingerprint density at radius 3 is 2.17 bits per heavy atom. The topological polar surface area (TPSA) is 506 Å². The van der Waals surface area contributed by atoms with Gasteiger partial charge in [0.15, 0.2) is 29.9 Å². The van der Waals surface area contributed by atoms with E-state index in [0.717, 1.165) is 54.6 Å². The number of ether oxygens (including phenoxy) is 6. The number of hydrogen-bond acceptors (Lipinski definition) is 24. The van der Waals surface area contributed by atoms with Crippen LogP contribution in [0, 0.1) is 5.92 Å². The predicted octanol–water partition coefficient (Wildman–Crippen LogP) is 2.88. The van der Waals surface area contributed by atoms with E-state index in [2.05, 4.69) is 26.6 Å².